The van der Waals surface area contributed by atoms with E-state index >= 15 is 0 Å². The third-order valence-corrected chi connectivity index (χ3v) is 3.79. The number of nitrogens with one attached hydrogen (secondary N) is 1. The molecule has 0 heterocycles. The van der Waals surface area contributed by atoms with Gasteiger partial charge in [0, 0.05) is 30.1 Å². The highest BCUT2D eigenvalue weighted by molar-refractivity contribution is 5.88. The van der Waals surface area contributed by atoms with Gasteiger partial charge in [0.05, 0.1) is 4.92 Å². The van der Waals surface area contributed by atoms with Crippen LogP contribution in [-0.2, 0) is 6.54 Å². The molecule has 5 heteroatoms. The van der Waals surface area contributed by atoms with Gasteiger partial charge in [-0.3, -0.25) is 10.1 Å². The van der Waals surface area contributed by atoms with Gasteiger partial charge < -0.3 is 10.1 Å². The van der Waals surface area contributed by atoms with E-state index in [1.807, 2.05) is 30.3 Å². The van der Waals surface area contributed by atoms with Crippen LogP contribution in [0.2, 0.25) is 0 Å². The van der Waals surface area contributed by atoms with Crippen molar-refractivity contribution in [2.75, 3.05) is 13.2 Å². The van der Waals surface area contributed by atoms with Crippen LogP contribution in [-0.4, -0.2) is 18.1 Å². The molecule has 0 aliphatic rings. The van der Waals surface area contributed by atoms with Gasteiger partial charge >= 0.3 is 0 Å². The molecule has 0 aromatic heterocycles. The second-order valence-corrected chi connectivity index (χ2v) is 5.39. The summed E-state index contributed by atoms with van der Waals surface area (Å²) in [5.41, 5.74) is 0.813. The minimum absolute atomic E-state index is 0.139. The van der Waals surface area contributed by atoms with Crippen LogP contribution in [0.5, 0.6) is 5.75 Å². The van der Waals surface area contributed by atoms with Crippen molar-refractivity contribution in [1.29, 1.82) is 0 Å². The first kappa shape index (κ1) is 16.0. The Bertz CT molecular complexity index is 843. The Morgan fingerprint density at radius 1 is 0.958 bits per heavy atom. The first-order valence-corrected chi connectivity index (χ1v) is 7.79. The van der Waals surface area contributed by atoms with Crippen molar-refractivity contribution in [3.8, 4) is 5.75 Å². The Morgan fingerprint density at radius 3 is 2.58 bits per heavy atom. The molecule has 0 saturated carbocycles. The Balaban J connectivity index is 1.53. The molecule has 3 rings (SSSR count). The lowest BCUT2D eigenvalue weighted by molar-refractivity contribution is -0.385. The maximum absolute atomic E-state index is 11.0. The largest absolute Gasteiger partial charge is 0.492 e. The van der Waals surface area contributed by atoms with Gasteiger partial charge in [0.1, 0.15) is 12.4 Å². The minimum Gasteiger partial charge on any atom is -0.492 e. The first-order valence-electron chi connectivity index (χ1n) is 7.79. The molecule has 122 valence electrons. The summed E-state index contributed by atoms with van der Waals surface area (Å²) in [7, 11) is 0. The highest BCUT2D eigenvalue weighted by Gasteiger charge is 2.11. The van der Waals surface area contributed by atoms with Gasteiger partial charge in [0.2, 0.25) is 0 Å². The van der Waals surface area contributed by atoms with E-state index < -0.39 is 0 Å². The monoisotopic (exact) mass is 322 g/mol. The number of benzene rings is 3. The van der Waals surface area contributed by atoms with E-state index in [1.54, 1.807) is 18.2 Å². The molecule has 5 nitrogen and oxygen atoms in total. The van der Waals surface area contributed by atoms with Crippen molar-refractivity contribution in [3.05, 3.63) is 82.4 Å². The number of nitrogens with zero attached hydrogens (tertiary/aromatic N) is 1. The van der Waals surface area contributed by atoms with Gasteiger partial charge in [-0.25, -0.2) is 0 Å². The topological polar surface area (TPSA) is 64.4 Å². The molecule has 0 amide bonds. The number of nitro benzene ring substituents is 1. The lowest BCUT2D eigenvalue weighted by Crippen LogP contribution is -2.21. The predicted molar refractivity (Wildman–Crippen MR) is 94.2 cm³/mol. The molecule has 0 fully saturated rings. The second kappa shape index (κ2) is 7.57. The molecule has 3 aromatic rings. The Kier molecular flexibility index (Phi) is 5.03. The third kappa shape index (κ3) is 3.70. The van der Waals surface area contributed by atoms with Crippen LogP contribution in [0.4, 0.5) is 5.69 Å². The fourth-order valence-electron chi connectivity index (χ4n) is 2.62. The molecule has 0 radical (unpaired) electrons. The number of fused-ring (bicyclic) bond motifs is 1. The zero-order valence-electron chi connectivity index (χ0n) is 13.1. The van der Waals surface area contributed by atoms with Gasteiger partial charge in [-0.1, -0.05) is 54.6 Å². The van der Waals surface area contributed by atoms with Gasteiger partial charge in [-0.05, 0) is 11.5 Å². The molecule has 3 aromatic carbocycles. The third-order valence-electron chi connectivity index (χ3n) is 3.79. The van der Waals surface area contributed by atoms with Crippen molar-refractivity contribution >= 4 is 16.5 Å². The van der Waals surface area contributed by atoms with Gasteiger partial charge in [-0.15, -0.1) is 0 Å². The van der Waals surface area contributed by atoms with E-state index in [0.29, 0.717) is 25.3 Å². The lowest BCUT2D eigenvalue weighted by Gasteiger charge is -2.10. The number of rotatable bonds is 7. The van der Waals surface area contributed by atoms with Crippen LogP contribution in [0.1, 0.15) is 5.56 Å². The van der Waals surface area contributed by atoms with Crippen molar-refractivity contribution in [2.45, 2.75) is 6.54 Å². The number of hydrogen-bond acceptors (Lipinski definition) is 4. The van der Waals surface area contributed by atoms with Gasteiger partial charge in [0.25, 0.3) is 5.69 Å². The van der Waals surface area contributed by atoms with E-state index in [4.69, 9.17) is 4.74 Å². The summed E-state index contributed by atoms with van der Waals surface area (Å²) in [6.45, 7) is 1.54. The van der Waals surface area contributed by atoms with E-state index in [-0.39, 0.29) is 10.6 Å². The SMILES string of the molecule is O=[N+]([O-])c1ccccc1CNCCOc1cccc2ccccc12. The fraction of sp³-hybridized carbons (Fsp3) is 0.158. The number of para-hydroxylation sites is 1. The molecule has 0 bridgehead atoms. The summed E-state index contributed by atoms with van der Waals surface area (Å²) in [5, 5.41) is 16.4. The van der Waals surface area contributed by atoms with Gasteiger partial charge in [-0.2, -0.15) is 0 Å². The van der Waals surface area contributed by atoms with Crippen molar-refractivity contribution in [3.63, 3.8) is 0 Å². The van der Waals surface area contributed by atoms with Crippen LogP contribution in [0.15, 0.2) is 66.7 Å². The molecule has 0 saturated heterocycles. The maximum Gasteiger partial charge on any atom is 0.273 e. The smallest absolute Gasteiger partial charge is 0.273 e. The molecule has 24 heavy (non-hydrogen) atoms. The summed E-state index contributed by atoms with van der Waals surface area (Å²) in [5.74, 6) is 0.848. The second-order valence-electron chi connectivity index (χ2n) is 5.39. The normalized spacial score (nSPS) is 10.7. The average Bonchev–Trinajstić information content (AvgIpc) is 2.62. The summed E-state index contributed by atoms with van der Waals surface area (Å²) >= 11 is 0. The maximum atomic E-state index is 11.0. The number of hydrogen-bond donors (Lipinski definition) is 1. The van der Waals surface area contributed by atoms with Crippen molar-refractivity contribution < 1.29 is 9.66 Å². The average molecular weight is 322 g/mol. The van der Waals surface area contributed by atoms with E-state index in [9.17, 15) is 10.1 Å². The lowest BCUT2D eigenvalue weighted by atomic mass is 10.1. The molecular weight excluding hydrogens is 304 g/mol. The zero-order chi connectivity index (χ0) is 16.8. The molecule has 0 unspecified atom stereocenters. The standard InChI is InChI=1S/C19H18N2O3/c22-21(23)18-10-4-2-7-16(18)14-20-12-13-24-19-11-5-8-15-6-1-3-9-17(15)19/h1-11,20H,12-14H2. The van der Waals surface area contributed by atoms with E-state index in [1.165, 1.54) is 6.07 Å². The molecular formula is C19H18N2O3. The Morgan fingerprint density at radius 2 is 1.71 bits per heavy atom. The minimum atomic E-state index is -0.358. The summed E-state index contributed by atoms with van der Waals surface area (Å²) in [6, 6.07) is 20.8. The predicted octanol–water partition coefficient (Wildman–Crippen LogP) is 3.92. The number of ether oxygens (including phenoxy) is 1. The molecule has 0 aliphatic carbocycles. The van der Waals surface area contributed by atoms with E-state index in [0.717, 1.165) is 16.5 Å². The summed E-state index contributed by atoms with van der Waals surface area (Å²) in [4.78, 5) is 10.6. The quantitative estimate of drug-likeness (QED) is 0.407. The molecule has 0 spiro atoms. The van der Waals surface area contributed by atoms with Crippen LogP contribution < -0.4 is 10.1 Å². The highest BCUT2D eigenvalue weighted by Crippen LogP contribution is 2.24. The van der Waals surface area contributed by atoms with Crippen LogP contribution >= 0.6 is 0 Å². The first-order chi connectivity index (χ1) is 11.8. The molecule has 1 N–H and O–H groups in total. The van der Waals surface area contributed by atoms with Crippen LogP contribution in [0.3, 0.4) is 0 Å². The van der Waals surface area contributed by atoms with Crippen LogP contribution in [0, 0.1) is 10.1 Å². The van der Waals surface area contributed by atoms with Crippen LogP contribution in [0.25, 0.3) is 10.8 Å². The fourth-order valence-corrected chi connectivity index (χ4v) is 2.62. The summed E-state index contributed by atoms with van der Waals surface area (Å²) in [6.07, 6.45) is 0. The van der Waals surface area contributed by atoms with Crippen molar-refractivity contribution in [1.82, 2.24) is 5.32 Å². The molecule has 0 aliphatic heterocycles. The highest BCUT2D eigenvalue weighted by atomic mass is 16.6. The zero-order valence-corrected chi connectivity index (χ0v) is 13.1. The Hall–Kier alpha value is -2.92. The number of nitro groups is 1. The summed E-state index contributed by atoms with van der Waals surface area (Å²) < 4.78 is 5.84. The molecule has 0 atom stereocenters. The Labute approximate surface area is 140 Å². The van der Waals surface area contributed by atoms with E-state index in [2.05, 4.69) is 17.4 Å². The van der Waals surface area contributed by atoms with Gasteiger partial charge in [0.15, 0.2) is 0 Å². The van der Waals surface area contributed by atoms with Crippen molar-refractivity contribution in [2.24, 2.45) is 0 Å².